The highest BCUT2D eigenvalue weighted by molar-refractivity contribution is 7.17. The van der Waals surface area contributed by atoms with Crippen LogP contribution in [0.3, 0.4) is 0 Å². The topological polar surface area (TPSA) is 75.1 Å². The number of aromatic nitrogens is 2. The summed E-state index contributed by atoms with van der Waals surface area (Å²) < 4.78 is 0. The molecule has 2 N–H and O–H groups in total. The summed E-state index contributed by atoms with van der Waals surface area (Å²) in [5.74, 6) is -0.934. The number of hydrogen-bond acceptors (Lipinski definition) is 6. The van der Waals surface area contributed by atoms with Crippen molar-refractivity contribution in [1.82, 2.24) is 9.97 Å². The molecule has 0 fully saturated rings. The Bertz CT molecular complexity index is 493. The van der Waals surface area contributed by atoms with E-state index >= 15 is 0 Å². The molecule has 5 nitrogen and oxygen atoms in total. The zero-order valence-corrected chi connectivity index (χ0v) is 10.1. The molecule has 0 aliphatic heterocycles. The second-order valence-corrected chi connectivity index (χ2v) is 4.79. The number of aromatic carboxylic acids is 1. The molecule has 0 aliphatic carbocycles. The van der Waals surface area contributed by atoms with Crippen molar-refractivity contribution >= 4 is 33.8 Å². The lowest BCUT2D eigenvalue weighted by Gasteiger charge is -1.97. The largest absolute Gasteiger partial charge is 0.477 e. The standard InChI is InChI=1S/C9H9N3O2S2/c1-5-7(8(13)14)16-9(12-5)10-2-6-3-15-4-11-6/h3-4H,2H2,1H3,(H,10,12)(H,13,14). The number of nitrogens with one attached hydrogen (secondary N) is 1. The van der Waals surface area contributed by atoms with Crippen LogP contribution in [-0.2, 0) is 6.54 Å². The van der Waals surface area contributed by atoms with Crippen molar-refractivity contribution in [3.63, 3.8) is 0 Å². The average molecular weight is 255 g/mol. The van der Waals surface area contributed by atoms with Crippen molar-refractivity contribution in [3.05, 3.63) is 27.2 Å². The minimum Gasteiger partial charge on any atom is -0.477 e. The first-order valence-corrected chi connectivity index (χ1v) is 6.24. The Morgan fingerprint density at radius 3 is 3.00 bits per heavy atom. The number of carboxylic acid groups (broad SMARTS) is 1. The van der Waals surface area contributed by atoms with Gasteiger partial charge in [-0.2, -0.15) is 0 Å². The van der Waals surface area contributed by atoms with E-state index < -0.39 is 5.97 Å². The Hall–Kier alpha value is -1.47. The molecule has 0 amide bonds. The smallest absolute Gasteiger partial charge is 0.347 e. The second kappa shape index (κ2) is 4.58. The van der Waals surface area contributed by atoms with Crippen LogP contribution < -0.4 is 5.32 Å². The van der Waals surface area contributed by atoms with Crippen LogP contribution in [-0.4, -0.2) is 21.0 Å². The Morgan fingerprint density at radius 1 is 1.62 bits per heavy atom. The van der Waals surface area contributed by atoms with Crippen LogP contribution in [0.5, 0.6) is 0 Å². The fourth-order valence-corrected chi connectivity index (χ4v) is 2.52. The normalized spacial score (nSPS) is 10.3. The van der Waals surface area contributed by atoms with Crippen LogP contribution in [0.2, 0.25) is 0 Å². The number of thiazole rings is 2. The third-order valence-electron chi connectivity index (χ3n) is 1.90. The van der Waals surface area contributed by atoms with E-state index in [4.69, 9.17) is 5.11 Å². The van der Waals surface area contributed by atoms with Gasteiger partial charge in [0.1, 0.15) is 4.88 Å². The first-order chi connectivity index (χ1) is 7.66. The number of hydrogen-bond donors (Lipinski definition) is 2. The van der Waals surface area contributed by atoms with E-state index in [1.807, 2.05) is 5.38 Å². The zero-order chi connectivity index (χ0) is 11.5. The Kier molecular flexibility index (Phi) is 3.16. The summed E-state index contributed by atoms with van der Waals surface area (Å²) >= 11 is 2.67. The maximum absolute atomic E-state index is 10.8. The minimum absolute atomic E-state index is 0.278. The first-order valence-electron chi connectivity index (χ1n) is 4.48. The quantitative estimate of drug-likeness (QED) is 0.876. The number of rotatable bonds is 4. The minimum atomic E-state index is -0.934. The molecular formula is C9H9N3O2S2. The van der Waals surface area contributed by atoms with Gasteiger partial charge >= 0.3 is 5.97 Å². The number of carbonyl (C=O) groups is 1. The lowest BCUT2D eigenvalue weighted by atomic mass is 10.4. The second-order valence-electron chi connectivity index (χ2n) is 3.07. The number of carboxylic acids is 1. The molecule has 2 aromatic heterocycles. The van der Waals surface area contributed by atoms with Gasteiger partial charge in [0.2, 0.25) is 0 Å². The predicted molar refractivity (Wildman–Crippen MR) is 63.3 cm³/mol. The third kappa shape index (κ3) is 2.37. The maximum atomic E-state index is 10.8. The average Bonchev–Trinajstić information content (AvgIpc) is 2.83. The van der Waals surface area contributed by atoms with Gasteiger partial charge in [0.25, 0.3) is 0 Å². The van der Waals surface area contributed by atoms with Crippen LogP contribution in [0.1, 0.15) is 21.1 Å². The molecule has 0 unspecified atom stereocenters. The van der Waals surface area contributed by atoms with E-state index in [2.05, 4.69) is 15.3 Å². The molecule has 2 rings (SSSR count). The van der Waals surface area contributed by atoms with Crippen LogP contribution in [0.25, 0.3) is 0 Å². The molecule has 2 heterocycles. The van der Waals surface area contributed by atoms with Crippen molar-refractivity contribution in [1.29, 1.82) is 0 Å². The molecule has 2 aromatic rings. The van der Waals surface area contributed by atoms with Crippen molar-refractivity contribution in [3.8, 4) is 0 Å². The summed E-state index contributed by atoms with van der Waals surface area (Å²) in [4.78, 5) is 19.3. The molecule has 0 bridgehead atoms. The van der Waals surface area contributed by atoms with E-state index in [0.29, 0.717) is 17.4 Å². The lowest BCUT2D eigenvalue weighted by Crippen LogP contribution is -1.98. The van der Waals surface area contributed by atoms with E-state index in [1.54, 1.807) is 12.4 Å². The van der Waals surface area contributed by atoms with E-state index in [1.165, 1.54) is 11.3 Å². The van der Waals surface area contributed by atoms with Crippen LogP contribution in [0, 0.1) is 6.92 Å². The Morgan fingerprint density at radius 2 is 2.44 bits per heavy atom. The molecule has 0 spiro atoms. The Labute approximate surface area is 99.8 Å². The highest BCUT2D eigenvalue weighted by Crippen LogP contribution is 2.22. The molecule has 0 saturated carbocycles. The molecule has 0 aromatic carbocycles. The summed E-state index contributed by atoms with van der Waals surface area (Å²) in [6, 6.07) is 0. The van der Waals surface area contributed by atoms with Crippen molar-refractivity contribution in [2.45, 2.75) is 13.5 Å². The molecule has 0 radical (unpaired) electrons. The van der Waals surface area contributed by atoms with Gasteiger partial charge in [-0.05, 0) is 6.92 Å². The molecule has 16 heavy (non-hydrogen) atoms. The molecule has 84 valence electrons. The molecular weight excluding hydrogens is 246 g/mol. The third-order valence-corrected chi connectivity index (χ3v) is 3.63. The van der Waals surface area contributed by atoms with Gasteiger partial charge in [-0.15, -0.1) is 11.3 Å². The summed E-state index contributed by atoms with van der Waals surface area (Å²) in [5, 5.41) is 14.5. The first kappa shape index (κ1) is 11.0. The highest BCUT2D eigenvalue weighted by atomic mass is 32.1. The highest BCUT2D eigenvalue weighted by Gasteiger charge is 2.13. The van der Waals surface area contributed by atoms with Crippen LogP contribution >= 0.6 is 22.7 Å². The molecule has 0 saturated heterocycles. The van der Waals surface area contributed by atoms with Crippen molar-refractivity contribution < 1.29 is 9.90 Å². The van der Waals surface area contributed by atoms with E-state index in [0.717, 1.165) is 17.0 Å². The summed E-state index contributed by atoms with van der Waals surface area (Å²) in [7, 11) is 0. The summed E-state index contributed by atoms with van der Waals surface area (Å²) in [5.41, 5.74) is 3.22. The monoisotopic (exact) mass is 255 g/mol. The van der Waals surface area contributed by atoms with Gasteiger partial charge in [-0.3, -0.25) is 0 Å². The van der Waals surface area contributed by atoms with Crippen LogP contribution in [0.15, 0.2) is 10.9 Å². The SMILES string of the molecule is Cc1nc(NCc2cscn2)sc1C(=O)O. The van der Waals surface area contributed by atoms with Gasteiger partial charge in [-0.25, -0.2) is 14.8 Å². The Balaban J connectivity index is 2.05. The summed E-state index contributed by atoms with van der Waals surface area (Å²) in [6.07, 6.45) is 0. The molecule has 0 aliphatic rings. The number of nitrogens with zero attached hydrogens (tertiary/aromatic N) is 2. The van der Waals surface area contributed by atoms with E-state index in [9.17, 15) is 4.79 Å². The van der Waals surface area contributed by atoms with Gasteiger partial charge in [0.05, 0.1) is 23.4 Å². The zero-order valence-electron chi connectivity index (χ0n) is 8.43. The predicted octanol–water partition coefficient (Wildman–Crippen LogP) is 2.22. The summed E-state index contributed by atoms with van der Waals surface area (Å²) in [6.45, 7) is 2.25. The van der Waals surface area contributed by atoms with Gasteiger partial charge in [-0.1, -0.05) is 11.3 Å². The number of aryl methyl sites for hydroxylation is 1. The van der Waals surface area contributed by atoms with Gasteiger partial charge in [0, 0.05) is 5.38 Å². The van der Waals surface area contributed by atoms with Crippen molar-refractivity contribution in [2.75, 3.05) is 5.32 Å². The van der Waals surface area contributed by atoms with E-state index in [-0.39, 0.29) is 4.88 Å². The van der Waals surface area contributed by atoms with Gasteiger partial charge < -0.3 is 10.4 Å². The lowest BCUT2D eigenvalue weighted by molar-refractivity contribution is 0.0701. The van der Waals surface area contributed by atoms with Crippen LogP contribution in [0.4, 0.5) is 5.13 Å². The molecule has 7 heteroatoms. The maximum Gasteiger partial charge on any atom is 0.347 e. The fourth-order valence-electron chi connectivity index (χ4n) is 1.16. The van der Waals surface area contributed by atoms with Crippen molar-refractivity contribution in [2.24, 2.45) is 0 Å². The number of anilines is 1. The molecule has 0 atom stereocenters. The fraction of sp³-hybridized carbons (Fsp3) is 0.222. The van der Waals surface area contributed by atoms with Gasteiger partial charge in [0.15, 0.2) is 5.13 Å².